The van der Waals surface area contributed by atoms with Crippen LogP contribution in [0.5, 0.6) is 0 Å². The number of para-hydroxylation sites is 1. The smallest absolute Gasteiger partial charge is 0.318 e. The Hall–Kier alpha value is -2.84. The highest BCUT2D eigenvalue weighted by atomic mass is 35.5. The Morgan fingerprint density at radius 1 is 1.22 bits per heavy atom. The van der Waals surface area contributed by atoms with Crippen LogP contribution in [0.2, 0.25) is 5.02 Å². The van der Waals surface area contributed by atoms with Gasteiger partial charge in [0.1, 0.15) is 0 Å². The molecule has 3 amide bonds. The third-order valence-electron chi connectivity index (χ3n) is 3.71. The minimum absolute atomic E-state index is 0.284. The quantitative estimate of drug-likeness (QED) is 0.515. The minimum atomic E-state index is -0.939. The van der Waals surface area contributed by atoms with E-state index in [0.29, 0.717) is 26.8 Å². The molecule has 1 heterocycles. The summed E-state index contributed by atoms with van der Waals surface area (Å²) in [6, 6.07) is 12.8. The number of aromatic nitrogens is 2. The van der Waals surface area contributed by atoms with E-state index in [0.717, 1.165) is 11.8 Å². The number of hydrogen-bond donors (Lipinski definition) is 2. The molecule has 3 N–H and O–H groups in total. The number of urea groups is 1. The van der Waals surface area contributed by atoms with Gasteiger partial charge in [-0.1, -0.05) is 41.6 Å². The number of benzene rings is 2. The molecule has 27 heavy (non-hydrogen) atoms. The van der Waals surface area contributed by atoms with Crippen molar-refractivity contribution in [2.24, 2.45) is 5.73 Å². The second-order valence-electron chi connectivity index (χ2n) is 5.65. The molecular formula is C18H15ClN4O3S. The fraction of sp³-hybridized carbons (Fsp3) is 0.111. The number of carbonyl (C=O) groups excluding carboxylic acids is 2. The Morgan fingerprint density at radius 3 is 2.67 bits per heavy atom. The molecule has 1 aromatic heterocycles. The summed E-state index contributed by atoms with van der Waals surface area (Å²) in [5.41, 5.74) is 5.74. The second-order valence-corrected chi connectivity index (χ2v) is 7.39. The van der Waals surface area contributed by atoms with Gasteiger partial charge in [-0.25, -0.2) is 9.78 Å². The van der Waals surface area contributed by atoms with Crippen molar-refractivity contribution in [3.05, 3.63) is 63.9 Å². The molecule has 9 heteroatoms. The van der Waals surface area contributed by atoms with E-state index in [9.17, 15) is 14.4 Å². The molecule has 0 radical (unpaired) electrons. The van der Waals surface area contributed by atoms with Crippen LogP contribution in [0.4, 0.5) is 4.79 Å². The number of imide groups is 1. The Kier molecular flexibility index (Phi) is 5.48. The summed E-state index contributed by atoms with van der Waals surface area (Å²) in [5, 5.41) is 2.51. The topological polar surface area (TPSA) is 107 Å². The maximum absolute atomic E-state index is 13.1. The molecular weight excluding hydrogens is 388 g/mol. The molecule has 3 aromatic rings. The third-order valence-corrected chi connectivity index (χ3v) is 5.00. The number of carbonyl (C=O) groups is 2. The molecule has 0 aliphatic rings. The molecule has 0 bridgehead atoms. The summed E-state index contributed by atoms with van der Waals surface area (Å²) < 4.78 is 1.40. The number of hydrogen-bond acceptors (Lipinski definition) is 5. The number of nitrogens with one attached hydrogen (secondary N) is 1. The van der Waals surface area contributed by atoms with Crippen LogP contribution in [-0.4, -0.2) is 26.7 Å². The fourth-order valence-corrected chi connectivity index (χ4v) is 3.58. The molecule has 0 spiro atoms. The number of rotatable bonds is 4. The van der Waals surface area contributed by atoms with Gasteiger partial charge >= 0.3 is 6.03 Å². The average molecular weight is 403 g/mol. The number of nitrogens with two attached hydrogens (primary N) is 1. The van der Waals surface area contributed by atoms with Crippen molar-refractivity contribution in [3.8, 4) is 5.69 Å². The van der Waals surface area contributed by atoms with Gasteiger partial charge in [-0.05, 0) is 37.3 Å². The predicted octanol–water partition coefficient (Wildman–Crippen LogP) is 2.71. The summed E-state index contributed by atoms with van der Waals surface area (Å²) in [5.74, 6) is -0.576. The van der Waals surface area contributed by atoms with Crippen molar-refractivity contribution in [1.29, 1.82) is 0 Å². The van der Waals surface area contributed by atoms with Gasteiger partial charge in [-0.15, -0.1) is 0 Å². The average Bonchev–Trinajstić information content (AvgIpc) is 2.61. The predicted molar refractivity (Wildman–Crippen MR) is 105 cm³/mol. The Morgan fingerprint density at radius 2 is 1.96 bits per heavy atom. The number of fused-ring (bicyclic) bond motifs is 1. The number of primary amides is 1. The van der Waals surface area contributed by atoms with Crippen LogP contribution >= 0.6 is 23.4 Å². The SMILES string of the molecule is C[C@@H](Sc1nc2ccccc2c(=O)n1-c1cccc(Cl)c1)C(=O)NC(N)=O. The van der Waals surface area contributed by atoms with E-state index in [1.54, 1.807) is 55.5 Å². The zero-order chi connectivity index (χ0) is 19.6. The molecule has 138 valence electrons. The van der Waals surface area contributed by atoms with E-state index in [2.05, 4.69) is 4.98 Å². The first-order valence-electron chi connectivity index (χ1n) is 7.91. The van der Waals surface area contributed by atoms with Crippen molar-refractivity contribution >= 4 is 46.2 Å². The lowest BCUT2D eigenvalue weighted by atomic mass is 10.2. The van der Waals surface area contributed by atoms with Crippen molar-refractivity contribution in [1.82, 2.24) is 14.9 Å². The van der Waals surface area contributed by atoms with Gasteiger partial charge in [0, 0.05) is 5.02 Å². The third kappa shape index (κ3) is 4.12. The first kappa shape index (κ1) is 18.9. The van der Waals surface area contributed by atoms with Crippen molar-refractivity contribution in [2.45, 2.75) is 17.3 Å². The number of nitrogens with zero attached hydrogens (tertiary/aromatic N) is 2. The van der Waals surface area contributed by atoms with Crippen LogP contribution in [0.3, 0.4) is 0 Å². The van der Waals surface area contributed by atoms with E-state index < -0.39 is 17.2 Å². The number of amides is 3. The zero-order valence-corrected chi connectivity index (χ0v) is 15.8. The molecule has 2 aromatic carbocycles. The van der Waals surface area contributed by atoms with Gasteiger partial charge in [-0.2, -0.15) is 0 Å². The highest BCUT2D eigenvalue weighted by molar-refractivity contribution is 8.00. The van der Waals surface area contributed by atoms with E-state index >= 15 is 0 Å². The second kappa shape index (κ2) is 7.81. The standard InChI is InChI=1S/C18H15ClN4O3S/c1-10(15(24)22-17(20)26)27-18-21-14-8-3-2-7-13(14)16(25)23(18)12-6-4-5-11(19)9-12/h2-10H,1H3,(H3,20,22,24,26)/t10-/m1/s1. The lowest BCUT2D eigenvalue weighted by Crippen LogP contribution is -2.39. The molecule has 0 aliphatic carbocycles. The summed E-state index contributed by atoms with van der Waals surface area (Å²) in [7, 11) is 0. The lowest BCUT2D eigenvalue weighted by Gasteiger charge is -2.16. The van der Waals surface area contributed by atoms with Crippen molar-refractivity contribution in [3.63, 3.8) is 0 Å². The van der Waals surface area contributed by atoms with Crippen LogP contribution in [0.25, 0.3) is 16.6 Å². The van der Waals surface area contributed by atoms with Crippen molar-refractivity contribution in [2.75, 3.05) is 0 Å². The van der Waals surface area contributed by atoms with Crippen LogP contribution < -0.4 is 16.6 Å². The summed E-state index contributed by atoms with van der Waals surface area (Å²) in [4.78, 5) is 40.6. The van der Waals surface area contributed by atoms with E-state index in [-0.39, 0.29) is 5.56 Å². The zero-order valence-electron chi connectivity index (χ0n) is 14.2. The Balaban J connectivity index is 2.15. The lowest BCUT2D eigenvalue weighted by molar-refractivity contribution is -0.119. The highest BCUT2D eigenvalue weighted by Gasteiger charge is 2.21. The summed E-state index contributed by atoms with van der Waals surface area (Å²) in [6.45, 7) is 1.59. The molecule has 1 atom stereocenters. The van der Waals surface area contributed by atoms with Crippen LogP contribution in [0, 0.1) is 0 Å². The molecule has 0 saturated heterocycles. The van der Waals surface area contributed by atoms with Gasteiger partial charge < -0.3 is 5.73 Å². The maximum atomic E-state index is 13.1. The van der Waals surface area contributed by atoms with Gasteiger partial charge in [0.15, 0.2) is 5.16 Å². The van der Waals surface area contributed by atoms with Crippen LogP contribution in [0.1, 0.15) is 6.92 Å². The van der Waals surface area contributed by atoms with Gasteiger partial charge in [0.25, 0.3) is 5.56 Å². The molecule has 3 rings (SSSR count). The van der Waals surface area contributed by atoms with E-state index in [1.807, 2.05) is 5.32 Å². The molecule has 7 nitrogen and oxygen atoms in total. The maximum Gasteiger partial charge on any atom is 0.318 e. The fourth-order valence-electron chi connectivity index (χ4n) is 2.47. The van der Waals surface area contributed by atoms with Gasteiger partial charge in [0.05, 0.1) is 21.8 Å². The first-order chi connectivity index (χ1) is 12.9. The largest absolute Gasteiger partial charge is 0.351 e. The van der Waals surface area contributed by atoms with Crippen LogP contribution in [-0.2, 0) is 4.79 Å². The molecule has 0 unspecified atom stereocenters. The monoisotopic (exact) mass is 402 g/mol. The molecule has 0 fully saturated rings. The van der Waals surface area contributed by atoms with E-state index in [4.69, 9.17) is 17.3 Å². The summed E-state index contributed by atoms with van der Waals surface area (Å²) >= 11 is 7.11. The van der Waals surface area contributed by atoms with Crippen molar-refractivity contribution < 1.29 is 9.59 Å². The number of halogens is 1. The first-order valence-corrected chi connectivity index (χ1v) is 9.17. The van der Waals surface area contributed by atoms with E-state index in [1.165, 1.54) is 4.57 Å². The van der Waals surface area contributed by atoms with Crippen LogP contribution in [0.15, 0.2) is 58.5 Å². The molecule has 0 aliphatic heterocycles. The summed E-state index contributed by atoms with van der Waals surface area (Å²) in [6.07, 6.45) is 0. The van der Waals surface area contributed by atoms with Gasteiger partial charge in [0.2, 0.25) is 5.91 Å². The minimum Gasteiger partial charge on any atom is -0.351 e. The highest BCUT2D eigenvalue weighted by Crippen LogP contribution is 2.26. The molecule has 0 saturated carbocycles. The Bertz CT molecular complexity index is 1100. The normalized spacial score (nSPS) is 11.9. The number of thioether (sulfide) groups is 1. The Labute approximate surface area is 163 Å². The van der Waals surface area contributed by atoms with Gasteiger partial charge in [-0.3, -0.25) is 19.5 Å².